The van der Waals surface area contributed by atoms with Gasteiger partial charge in [0.1, 0.15) is 11.6 Å². The third kappa shape index (κ3) is 3.79. The molecule has 1 heterocycles. The number of aryl methyl sites for hydroxylation is 1. The molecule has 3 aromatic carbocycles. The van der Waals surface area contributed by atoms with Crippen molar-refractivity contribution in [2.45, 2.75) is 6.92 Å². The zero-order valence-electron chi connectivity index (χ0n) is 17.2. The number of hydrogen-bond donors (Lipinski definition) is 1. The van der Waals surface area contributed by atoms with Crippen molar-refractivity contribution in [3.05, 3.63) is 98.6 Å². The summed E-state index contributed by atoms with van der Waals surface area (Å²) in [5.41, 5.74) is 1.49. The van der Waals surface area contributed by atoms with E-state index in [0.29, 0.717) is 33.9 Å². The predicted octanol–water partition coefficient (Wildman–Crippen LogP) is 3.86. The van der Waals surface area contributed by atoms with Gasteiger partial charge in [-0.1, -0.05) is 12.1 Å². The van der Waals surface area contributed by atoms with E-state index in [1.165, 1.54) is 35.9 Å². The molecule has 0 aliphatic heterocycles. The topological polar surface area (TPSA) is 116 Å². The first kappa shape index (κ1) is 20.7. The lowest BCUT2D eigenvalue weighted by Gasteiger charge is -2.15. The molecule has 32 heavy (non-hydrogen) atoms. The lowest BCUT2D eigenvalue weighted by molar-refractivity contribution is -0.384. The fourth-order valence-corrected chi connectivity index (χ4v) is 3.40. The Morgan fingerprint density at radius 2 is 1.81 bits per heavy atom. The van der Waals surface area contributed by atoms with Crippen LogP contribution in [0.15, 0.2) is 71.5 Å². The van der Waals surface area contributed by atoms with Crippen LogP contribution in [-0.4, -0.2) is 27.5 Å². The van der Waals surface area contributed by atoms with Crippen molar-refractivity contribution < 1.29 is 14.5 Å². The van der Waals surface area contributed by atoms with Crippen molar-refractivity contribution in [1.29, 1.82) is 0 Å². The fourth-order valence-electron chi connectivity index (χ4n) is 3.40. The van der Waals surface area contributed by atoms with E-state index in [-0.39, 0.29) is 16.8 Å². The number of methoxy groups -OCH3 is 1. The van der Waals surface area contributed by atoms with Crippen LogP contribution in [0.2, 0.25) is 0 Å². The smallest absolute Gasteiger partial charge is 0.269 e. The minimum atomic E-state index is -0.533. The number of nitro groups is 1. The number of rotatable bonds is 5. The summed E-state index contributed by atoms with van der Waals surface area (Å²) in [6.07, 6.45) is 0. The Balaban J connectivity index is 1.68. The normalized spacial score (nSPS) is 10.7. The number of nitrogens with one attached hydrogen (secondary N) is 1. The minimum absolute atomic E-state index is 0.103. The molecular weight excluding hydrogens is 412 g/mol. The molecule has 4 rings (SSSR count). The van der Waals surface area contributed by atoms with Gasteiger partial charge in [-0.2, -0.15) is 0 Å². The third-order valence-corrected chi connectivity index (χ3v) is 4.98. The fraction of sp³-hybridized carbons (Fsp3) is 0.0870. The summed E-state index contributed by atoms with van der Waals surface area (Å²) < 4.78 is 6.90. The lowest BCUT2D eigenvalue weighted by atomic mass is 10.1. The Labute approximate surface area is 182 Å². The second-order valence-corrected chi connectivity index (χ2v) is 6.96. The quantitative estimate of drug-likeness (QED) is 0.380. The van der Waals surface area contributed by atoms with Crippen molar-refractivity contribution in [2.24, 2.45) is 0 Å². The Bertz CT molecular complexity index is 1410. The van der Waals surface area contributed by atoms with E-state index in [4.69, 9.17) is 4.74 Å². The molecule has 1 N–H and O–H groups in total. The maximum atomic E-state index is 13.0. The molecule has 4 aromatic rings. The van der Waals surface area contributed by atoms with Crippen molar-refractivity contribution >= 4 is 28.2 Å². The molecule has 160 valence electrons. The number of hydrogen-bond acceptors (Lipinski definition) is 6. The number of anilines is 1. The molecule has 0 unspecified atom stereocenters. The Kier molecular flexibility index (Phi) is 5.38. The monoisotopic (exact) mass is 430 g/mol. The van der Waals surface area contributed by atoms with Gasteiger partial charge in [0.2, 0.25) is 0 Å². The first-order chi connectivity index (χ1) is 15.4. The molecule has 0 saturated heterocycles. The number of non-ortho nitro benzene ring substituents is 1. The maximum absolute atomic E-state index is 13.0. The zero-order valence-corrected chi connectivity index (χ0v) is 17.2. The second kappa shape index (κ2) is 8.31. The number of carbonyl (C=O) groups excluding carboxylic acids is 1. The van der Waals surface area contributed by atoms with Crippen LogP contribution < -0.4 is 15.6 Å². The van der Waals surface area contributed by atoms with Crippen LogP contribution in [0.4, 0.5) is 11.4 Å². The molecule has 0 spiro atoms. The number of nitrogens with zero attached hydrogens (tertiary/aromatic N) is 3. The van der Waals surface area contributed by atoms with Crippen molar-refractivity contribution in [3.63, 3.8) is 0 Å². The first-order valence-corrected chi connectivity index (χ1v) is 9.61. The highest BCUT2D eigenvalue weighted by Crippen LogP contribution is 2.28. The summed E-state index contributed by atoms with van der Waals surface area (Å²) >= 11 is 0. The molecule has 0 aliphatic rings. The molecule has 0 atom stereocenters. The van der Waals surface area contributed by atoms with E-state index in [9.17, 15) is 19.7 Å². The van der Waals surface area contributed by atoms with E-state index < -0.39 is 10.8 Å². The summed E-state index contributed by atoms with van der Waals surface area (Å²) in [6, 6.07) is 17.3. The van der Waals surface area contributed by atoms with Gasteiger partial charge < -0.3 is 10.1 Å². The van der Waals surface area contributed by atoms with E-state index in [1.54, 1.807) is 43.3 Å². The molecular formula is C23H18N4O5. The Morgan fingerprint density at radius 1 is 1.09 bits per heavy atom. The largest absolute Gasteiger partial charge is 0.494 e. The van der Waals surface area contributed by atoms with Crippen LogP contribution in [-0.2, 0) is 0 Å². The summed E-state index contributed by atoms with van der Waals surface area (Å²) in [4.78, 5) is 40.4. The SMILES string of the molecule is COc1cc(-n2c(C)nc3ccccc3c2=O)ccc1NC(=O)c1ccc([N+](=O)[O-])cc1. The predicted molar refractivity (Wildman–Crippen MR) is 120 cm³/mol. The van der Waals surface area contributed by atoms with E-state index in [1.807, 2.05) is 6.07 Å². The van der Waals surface area contributed by atoms with Crippen molar-refractivity contribution in [2.75, 3.05) is 12.4 Å². The average Bonchev–Trinajstić information content (AvgIpc) is 2.80. The number of benzene rings is 3. The van der Waals surface area contributed by atoms with E-state index in [2.05, 4.69) is 10.3 Å². The molecule has 0 fully saturated rings. The van der Waals surface area contributed by atoms with Crippen molar-refractivity contribution in [1.82, 2.24) is 9.55 Å². The second-order valence-electron chi connectivity index (χ2n) is 6.96. The molecule has 1 aromatic heterocycles. The number of carbonyl (C=O) groups is 1. The highest BCUT2D eigenvalue weighted by atomic mass is 16.6. The summed E-state index contributed by atoms with van der Waals surface area (Å²) in [5, 5.41) is 14.0. The summed E-state index contributed by atoms with van der Waals surface area (Å²) in [5.74, 6) is 0.405. The van der Waals surface area contributed by atoms with Gasteiger partial charge in [0.15, 0.2) is 0 Å². The van der Waals surface area contributed by atoms with E-state index in [0.717, 1.165) is 0 Å². The molecule has 0 aliphatic carbocycles. The average molecular weight is 430 g/mol. The molecule has 9 nitrogen and oxygen atoms in total. The standard InChI is InChI=1S/C23H18N4O5/c1-14-24-19-6-4-3-5-18(19)23(29)26(14)17-11-12-20(21(13-17)32-2)25-22(28)15-7-9-16(10-8-15)27(30)31/h3-13H,1-2H3,(H,25,28). The molecule has 1 amide bonds. The molecule has 0 saturated carbocycles. The Morgan fingerprint density at radius 3 is 2.50 bits per heavy atom. The van der Waals surface area contributed by atoms with Gasteiger partial charge in [-0.15, -0.1) is 0 Å². The number of amides is 1. The van der Waals surface area contributed by atoms with Gasteiger partial charge in [-0.3, -0.25) is 24.3 Å². The van der Waals surface area contributed by atoms with Gasteiger partial charge in [0.25, 0.3) is 17.2 Å². The number of para-hydroxylation sites is 1. The highest BCUT2D eigenvalue weighted by Gasteiger charge is 2.15. The summed E-state index contributed by atoms with van der Waals surface area (Å²) in [7, 11) is 1.45. The van der Waals surface area contributed by atoms with Crippen LogP contribution in [0.3, 0.4) is 0 Å². The van der Waals surface area contributed by atoms with Gasteiger partial charge in [0.05, 0.1) is 34.3 Å². The first-order valence-electron chi connectivity index (χ1n) is 9.61. The van der Waals surface area contributed by atoms with Crippen LogP contribution in [0.1, 0.15) is 16.2 Å². The van der Waals surface area contributed by atoms with Crippen LogP contribution in [0, 0.1) is 17.0 Å². The molecule has 0 bridgehead atoms. The third-order valence-electron chi connectivity index (χ3n) is 4.98. The minimum Gasteiger partial charge on any atom is -0.494 e. The number of aromatic nitrogens is 2. The van der Waals surface area contributed by atoms with Crippen LogP contribution in [0.5, 0.6) is 5.75 Å². The molecule has 0 radical (unpaired) electrons. The van der Waals surface area contributed by atoms with Gasteiger partial charge in [0, 0.05) is 23.8 Å². The molecule has 9 heteroatoms. The number of fused-ring (bicyclic) bond motifs is 1. The van der Waals surface area contributed by atoms with Gasteiger partial charge in [-0.05, 0) is 43.3 Å². The lowest BCUT2D eigenvalue weighted by Crippen LogP contribution is -2.22. The van der Waals surface area contributed by atoms with E-state index >= 15 is 0 Å². The van der Waals surface area contributed by atoms with Gasteiger partial charge in [-0.25, -0.2) is 4.98 Å². The number of nitro benzene ring substituents is 1. The Hall–Kier alpha value is -4.53. The van der Waals surface area contributed by atoms with Crippen LogP contribution in [0.25, 0.3) is 16.6 Å². The zero-order chi connectivity index (χ0) is 22.8. The maximum Gasteiger partial charge on any atom is 0.269 e. The van der Waals surface area contributed by atoms with Crippen LogP contribution >= 0.6 is 0 Å². The van der Waals surface area contributed by atoms with Gasteiger partial charge >= 0.3 is 0 Å². The van der Waals surface area contributed by atoms with Crippen molar-refractivity contribution in [3.8, 4) is 11.4 Å². The highest BCUT2D eigenvalue weighted by molar-refractivity contribution is 6.05. The number of ether oxygens (including phenoxy) is 1. The summed E-state index contributed by atoms with van der Waals surface area (Å²) in [6.45, 7) is 1.74.